The summed E-state index contributed by atoms with van der Waals surface area (Å²) in [7, 11) is 0. The maximum atomic E-state index is 12.0. The fourth-order valence-corrected chi connectivity index (χ4v) is 2.55. The maximum absolute atomic E-state index is 12.0. The average molecular weight is 299 g/mol. The second-order valence-corrected chi connectivity index (χ2v) is 5.36. The highest BCUT2D eigenvalue weighted by Crippen LogP contribution is 2.24. The number of carbonyl (C=O) groups excluding carboxylic acids is 1. The molecule has 3 rings (SSSR count). The van der Waals surface area contributed by atoms with Crippen LogP contribution in [0.2, 0.25) is 0 Å². The quantitative estimate of drug-likeness (QED) is 0.786. The molecule has 0 spiro atoms. The van der Waals surface area contributed by atoms with E-state index in [-0.39, 0.29) is 5.91 Å². The molecule has 3 aromatic heterocycles. The van der Waals surface area contributed by atoms with Gasteiger partial charge in [-0.25, -0.2) is 0 Å². The molecular formula is C15H13N3O2S. The van der Waals surface area contributed by atoms with Crippen molar-refractivity contribution in [1.29, 1.82) is 0 Å². The van der Waals surface area contributed by atoms with Gasteiger partial charge >= 0.3 is 0 Å². The molecule has 0 saturated carbocycles. The minimum absolute atomic E-state index is 0.226. The fourth-order valence-electron chi connectivity index (χ4n) is 1.88. The number of hydrogen-bond donors (Lipinski definition) is 1. The third-order valence-corrected chi connectivity index (χ3v) is 3.84. The van der Waals surface area contributed by atoms with Crippen LogP contribution in [-0.4, -0.2) is 22.6 Å². The molecule has 0 fully saturated rings. The molecule has 0 bridgehead atoms. The average Bonchev–Trinajstić information content (AvgIpc) is 3.19. The Kier molecular flexibility index (Phi) is 4.07. The number of carbonyl (C=O) groups is 1. The molecule has 3 aromatic rings. The molecule has 6 heteroatoms. The topological polar surface area (TPSA) is 68.0 Å². The summed E-state index contributed by atoms with van der Waals surface area (Å²) in [6.45, 7) is 0.546. The van der Waals surface area contributed by atoms with Gasteiger partial charge in [0, 0.05) is 25.0 Å². The second-order valence-electron chi connectivity index (χ2n) is 4.42. The van der Waals surface area contributed by atoms with E-state index in [2.05, 4.69) is 15.5 Å². The monoisotopic (exact) mass is 299 g/mol. The number of amides is 1. The van der Waals surface area contributed by atoms with E-state index in [0.29, 0.717) is 18.0 Å². The van der Waals surface area contributed by atoms with Crippen molar-refractivity contribution in [3.8, 4) is 10.6 Å². The molecule has 0 atom stereocenters. The fraction of sp³-hybridized carbons (Fsp3) is 0.133. The van der Waals surface area contributed by atoms with Gasteiger partial charge in [0.25, 0.3) is 5.91 Å². The zero-order valence-corrected chi connectivity index (χ0v) is 12.0. The van der Waals surface area contributed by atoms with Crippen molar-refractivity contribution < 1.29 is 9.32 Å². The van der Waals surface area contributed by atoms with Crippen molar-refractivity contribution in [3.05, 3.63) is 59.4 Å². The third-order valence-electron chi connectivity index (χ3n) is 2.96. The van der Waals surface area contributed by atoms with Crippen LogP contribution in [0.25, 0.3) is 10.6 Å². The minimum atomic E-state index is -0.226. The summed E-state index contributed by atoms with van der Waals surface area (Å²) >= 11 is 1.54. The summed E-state index contributed by atoms with van der Waals surface area (Å²) in [5, 5.41) is 8.59. The summed E-state index contributed by atoms with van der Waals surface area (Å²) in [5.74, 6) is 0.389. The molecule has 0 aliphatic carbocycles. The van der Waals surface area contributed by atoms with E-state index < -0.39 is 0 Å². The van der Waals surface area contributed by atoms with Crippen LogP contribution in [0.3, 0.4) is 0 Å². The van der Waals surface area contributed by atoms with Crippen molar-refractivity contribution in [2.45, 2.75) is 6.42 Å². The molecular weight excluding hydrogens is 286 g/mol. The highest BCUT2D eigenvalue weighted by molar-refractivity contribution is 7.13. The Morgan fingerprint density at radius 2 is 2.14 bits per heavy atom. The molecule has 1 amide bonds. The van der Waals surface area contributed by atoms with Gasteiger partial charge in [-0.1, -0.05) is 11.2 Å². The first-order valence-corrected chi connectivity index (χ1v) is 7.38. The number of hydrogen-bond acceptors (Lipinski definition) is 5. The molecule has 106 valence electrons. The van der Waals surface area contributed by atoms with E-state index in [1.807, 2.05) is 29.6 Å². The number of rotatable bonds is 5. The molecule has 0 aliphatic heterocycles. The Labute approximate surface area is 125 Å². The predicted molar refractivity (Wildman–Crippen MR) is 80.1 cm³/mol. The Morgan fingerprint density at radius 3 is 2.90 bits per heavy atom. The summed E-state index contributed by atoms with van der Waals surface area (Å²) < 4.78 is 5.19. The molecule has 0 aromatic carbocycles. The lowest BCUT2D eigenvalue weighted by Gasteiger charge is -2.02. The first-order valence-electron chi connectivity index (χ1n) is 6.50. The van der Waals surface area contributed by atoms with Crippen molar-refractivity contribution in [2.24, 2.45) is 0 Å². The number of nitrogens with one attached hydrogen (secondary N) is 1. The number of pyridine rings is 1. The number of thiophene rings is 1. The highest BCUT2D eigenvalue weighted by Gasteiger charge is 2.13. The van der Waals surface area contributed by atoms with Gasteiger partial charge in [-0.2, -0.15) is 0 Å². The van der Waals surface area contributed by atoms with Crippen LogP contribution in [-0.2, 0) is 6.42 Å². The molecule has 5 nitrogen and oxygen atoms in total. The molecule has 21 heavy (non-hydrogen) atoms. The third kappa shape index (κ3) is 3.35. The van der Waals surface area contributed by atoms with Crippen LogP contribution in [0, 0.1) is 0 Å². The Balaban J connectivity index is 1.56. The van der Waals surface area contributed by atoms with Crippen molar-refractivity contribution in [2.75, 3.05) is 6.54 Å². The van der Waals surface area contributed by atoms with Crippen LogP contribution < -0.4 is 5.32 Å². The van der Waals surface area contributed by atoms with Gasteiger partial charge in [-0.15, -0.1) is 11.3 Å². The smallest absolute Gasteiger partial charge is 0.273 e. The molecule has 3 heterocycles. The van der Waals surface area contributed by atoms with E-state index in [1.165, 1.54) is 0 Å². The van der Waals surface area contributed by atoms with Gasteiger partial charge in [-0.3, -0.25) is 9.78 Å². The van der Waals surface area contributed by atoms with Crippen LogP contribution in [0.1, 0.15) is 16.1 Å². The van der Waals surface area contributed by atoms with Gasteiger partial charge in [0.2, 0.25) is 0 Å². The molecule has 1 N–H and O–H groups in total. The first-order chi connectivity index (χ1) is 10.3. The van der Waals surface area contributed by atoms with Gasteiger partial charge in [0.1, 0.15) is 0 Å². The predicted octanol–water partition coefficient (Wildman–Crippen LogP) is 2.77. The van der Waals surface area contributed by atoms with Crippen molar-refractivity contribution in [1.82, 2.24) is 15.5 Å². The van der Waals surface area contributed by atoms with Crippen LogP contribution in [0.4, 0.5) is 0 Å². The SMILES string of the molecule is O=C(NCCc1ccncc1)c1cc(-c2cccs2)on1. The van der Waals surface area contributed by atoms with E-state index in [9.17, 15) is 4.79 Å². The van der Waals surface area contributed by atoms with Gasteiger partial charge < -0.3 is 9.84 Å². The molecule has 0 saturated heterocycles. The van der Waals surface area contributed by atoms with E-state index in [4.69, 9.17) is 4.52 Å². The lowest BCUT2D eigenvalue weighted by molar-refractivity contribution is 0.0945. The minimum Gasteiger partial charge on any atom is -0.355 e. The number of nitrogens with zero attached hydrogens (tertiary/aromatic N) is 2. The second kappa shape index (κ2) is 6.32. The van der Waals surface area contributed by atoms with Crippen LogP contribution in [0.15, 0.2) is 52.6 Å². The molecule has 0 aliphatic rings. The Hall–Kier alpha value is -2.47. The van der Waals surface area contributed by atoms with Crippen LogP contribution >= 0.6 is 11.3 Å². The lowest BCUT2D eigenvalue weighted by atomic mass is 10.2. The standard InChI is InChI=1S/C15H13N3O2S/c19-15(17-8-5-11-3-6-16-7-4-11)12-10-13(20-18-12)14-2-1-9-21-14/h1-4,6-7,9-10H,5,8H2,(H,17,19). The van der Waals surface area contributed by atoms with Gasteiger partial charge in [0.05, 0.1) is 4.88 Å². The summed E-state index contributed by atoms with van der Waals surface area (Å²) in [6.07, 6.45) is 4.23. The zero-order chi connectivity index (χ0) is 14.5. The lowest BCUT2D eigenvalue weighted by Crippen LogP contribution is -2.25. The van der Waals surface area contributed by atoms with Gasteiger partial charge in [-0.05, 0) is 35.6 Å². The van der Waals surface area contributed by atoms with E-state index in [0.717, 1.165) is 16.9 Å². The van der Waals surface area contributed by atoms with Crippen LogP contribution in [0.5, 0.6) is 0 Å². The summed E-state index contributed by atoms with van der Waals surface area (Å²) in [4.78, 5) is 16.9. The van der Waals surface area contributed by atoms with Crippen molar-refractivity contribution >= 4 is 17.2 Å². The first kappa shape index (κ1) is 13.5. The Bertz CT molecular complexity index is 708. The summed E-state index contributed by atoms with van der Waals surface area (Å²) in [6, 6.07) is 9.37. The zero-order valence-electron chi connectivity index (χ0n) is 11.2. The Morgan fingerprint density at radius 1 is 1.29 bits per heavy atom. The highest BCUT2D eigenvalue weighted by atomic mass is 32.1. The van der Waals surface area contributed by atoms with Crippen molar-refractivity contribution in [3.63, 3.8) is 0 Å². The molecule has 0 unspecified atom stereocenters. The van der Waals surface area contributed by atoms with Gasteiger partial charge in [0.15, 0.2) is 11.5 Å². The van der Waals surface area contributed by atoms with E-state index >= 15 is 0 Å². The summed E-state index contributed by atoms with van der Waals surface area (Å²) in [5.41, 5.74) is 1.43. The molecule has 0 radical (unpaired) electrons. The maximum Gasteiger partial charge on any atom is 0.273 e. The largest absolute Gasteiger partial charge is 0.355 e. The number of aromatic nitrogens is 2. The normalized spacial score (nSPS) is 10.5. The van der Waals surface area contributed by atoms with E-state index in [1.54, 1.807) is 29.8 Å².